The predicted octanol–water partition coefficient (Wildman–Crippen LogP) is 2.59. The lowest BCUT2D eigenvalue weighted by molar-refractivity contribution is 0.568. The molecule has 0 atom stereocenters. The van der Waals surface area contributed by atoms with Gasteiger partial charge in [-0.15, -0.1) is 0 Å². The van der Waals surface area contributed by atoms with Crippen LogP contribution in [0, 0.1) is 13.8 Å². The zero-order valence-electron chi connectivity index (χ0n) is 11.8. The highest BCUT2D eigenvalue weighted by atomic mass is 14.9. The topological polar surface area (TPSA) is 37.8 Å². The minimum absolute atomic E-state index is 0.566. The van der Waals surface area contributed by atoms with E-state index >= 15 is 0 Å². The molecule has 3 nitrogen and oxygen atoms in total. The first-order valence-corrected chi connectivity index (χ1v) is 6.61. The van der Waals surface area contributed by atoms with Crippen molar-refractivity contribution in [3.8, 4) is 0 Å². The zero-order chi connectivity index (χ0) is 12.8. The Morgan fingerprint density at radius 3 is 2.18 bits per heavy atom. The van der Waals surface area contributed by atoms with Crippen molar-refractivity contribution in [1.82, 2.24) is 15.3 Å². The second-order valence-corrected chi connectivity index (χ2v) is 4.86. The Labute approximate surface area is 105 Å². The molecule has 0 fully saturated rings. The maximum Gasteiger partial charge on any atom is 0.128 e. The van der Waals surface area contributed by atoms with E-state index in [4.69, 9.17) is 0 Å². The summed E-state index contributed by atoms with van der Waals surface area (Å²) in [5, 5.41) is 3.44. The van der Waals surface area contributed by atoms with E-state index in [1.807, 2.05) is 0 Å². The molecule has 17 heavy (non-hydrogen) atoms. The van der Waals surface area contributed by atoms with Gasteiger partial charge in [-0.3, -0.25) is 0 Å². The van der Waals surface area contributed by atoms with Gasteiger partial charge in [0.2, 0.25) is 0 Å². The summed E-state index contributed by atoms with van der Waals surface area (Å²) in [6, 6.07) is 0.566. The molecule has 1 heterocycles. The molecular weight excluding hydrogens is 210 g/mol. The lowest BCUT2D eigenvalue weighted by atomic mass is 10.1. The van der Waals surface area contributed by atoms with Gasteiger partial charge in [0.15, 0.2) is 0 Å². The number of nitrogens with one attached hydrogen (secondary N) is 1. The summed E-state index contributed by atoms with van der Waals surface area (Å²) in [6.07, 6.45) is 3.13. The van der Waals surface area contributed by atoms with Crippen LogP contribution in [0.25, 0.3) is 0 Å². The summed E-state index contributed by atoms with van der Waals surface area (Å²) >= 11 is 0. The van der Waals surface area contributed by atoms with Gasteiger partial charge in [-0.25, -0.2) is 9.97 Å². The van der Waals surface area contributed by atoms with Gasteiger partial charge in [0.25, 0.3) is 0 Å². The van der Waals surface area contributed by atoms with Crippen molar-refractivity contribution < 1.29 is 0 Å². The van der Waals surface area contributed by atoms with Gasteiger partial charge in [-0.05, 0) is 38.8 Å². The number of hydrogen-bond acceptors (Lipinski definition) is 3. The number of aromatic nitrogens is 2. The van der Waals surface area contributed by atoms with Gasteiger partial charge in [0, 0.05) is 23.9 Å². The van der Waals surface area contributed by atoms with Crippen molar-refractivity contribution in [3.05, 3.63) is 22.8 Å². The molecule has 0 saturated heterocycles. The number of aryl methyl sites for hydroxylation is 3. The molecule has 3 heteroatoms. The molecular formula is C14H25N3. The van der Waals surface area contributed by atoms with E-state index in [1.54, 1.807) is 0 Å². The Morgan fingerprint density at radius 1 is 1.12 bits per heavy atom. The molecule has 0 amide bonds. The summed E-state index contributed by atoms with van der Waals surface area (Å²) in [6.45, 7) is 11.7. The summed E-state index contributed by atoms with van der Waals surface area (Å²) in [7, 11) is 0. The van der Waals surface area contributed by atoms with Gasteiger partial charge < -0.3 is 5.32 Å². The molecule has 0 aliphatic heterocycles. The highest BCUT2D eigenvalue weighted by Gasteiger charge is 2.07. The highest BCUT2D eigenvalue weighted by Crippen LogP contribution is 2.12. The van der Waals surface area contributed by atoms with E-state index in [0.29, 0.717) is 6.04 Å². The highest BCUT2D eigenvalue weighted by molar-refractivity contribution is 5.24. The molecule has 1 aromatic rings. The average molecular weight is 235 g/mol. The molecule has 0 aliphatic carbocycles. The standard InChI is InChI=1S/C14H25N3/c1-6-14-16-11(4)13(12(5)17-14)8-7-9-15-10(2)3/h10,15H,6-9H2,1-5H3. The Kier molecular flexibility index (Phi) is 5.56. The van der Waals surface area contributed by atoms with Crippen LogP contribution >= 0.6 is 0 Å². The van der Waals surface area contributed by atoms with Gasteiger partial charge in [0.05, 0.1) is 0 Å². The number of rotatable bonds is 6. The zero-order valence-corrected chi connectivity index (χ0v) is 11.8. The molecule has 0 radical (unpaired) electrons. The van der Waals surface area contributed by atoms with Crippen molar-refractivity contribution in [2.75, 3.05) is 6.54 Å². The second kappa shape index (κ2) is 6.70. The summed E-state index contributed by atoms with van der Waals surface area (Å²) in [4.78, 5) is 9.07. The number of hydrogen-bond donors (Lipinski definition) is 1. The molecule has 0 aromatic carbocycles. The third-order valence-electron chi connectivity index (χ3n) is 2.94. The monoisotopic (exact) mass is 235 g/mol. The fraction of sp³-hybridized carbons (Fsp3) is 0.714. The molecule has 0 aliphatic rings. The first-order chi connectivity index (χ1) is 8.04. The van der Waals surface area contributed by atoms with E-state index in [-0.39, 0.29) is 0 Å². The maximum atomic E-state index is 4.53. The first-order valence-electron chi connectivity index (χ1n) is 6.61. The van der Waals surface area contributed by atoms with E-state index in [9.17, 15) is 0 Å². The summed E-state index contributed by atoms with van der Waals surface area (Å²) in [5.41, 5.74) is 3.63. The fourth-order valence-corrected chi connectivity index (χ4v) is 1.98. The van der Waals surface area contributed by atoms with Crippen LogP contribution < -0.4 is 5.32 Å². The summed E-state index contributed by atoms with van der Waals surface area (Å²) < 4.78 is 0. The number of nitrogens with zero attached hydrogens (tertiary/aromatic N) is 2. The minimum Gasteiger partial charge on any atom is -0.315 e. The van der Waals surface area contributed by atoms with E-state index < -0.39 is 0 Å². The van der Waals surface area contributed by atoms with Gasteiger partial charge in [-0.1, -0.05) is 20.8 Å². The van der Waals surface area contributed by atoms with E-state index in [1.165, 1.54) is 5.56 Å². The fourth-order valence-electron chi connectivity index (χ4n) is 1.98. The van der Waals surface area contributed by atoms with Crippen LogP contribution in [-0.4, -0.2) is 22.6 Å². The van der Waals surface area contributed by atoms with Crippen molar-refractivity contribution in [1.29, 1.82) is 0 Å². The molecule has 0 unspecified atom stereocenters. The van der Waals surface area contributed by atoms with Crippen molar-refractivity contribution >= 4 is 0 Å². The molecule has 1 rings (SSSR count). The SMILES string of the molecule is CCc1nc(C)c(CCCNC(C)C)c(C)n1. The maximum absolute atomic E-state index is 4.53. The van der Waals surface area contributed by atoms with Crippen LogP contribution in [-0.2, 0) is 12.8 Å². The molecule has 1 aromatic heterocycles. The van der Waals surface area contributed by atoms with Crippen molar-refractivity contribution in [3.63, 3.8) is 0 Å². The van der Waals surface area contributed by atoms with Crippen LogP contribution in [0.5, 0.6) is 0 Å². The van der Waals surface area contributed by atoms with Crippen molar-refractivity contribution in [2.24, 2.45) is 0 Å². The molecule has 96 valence electrons. The lowest BCUT2D eigenvalue weighted by Gasteiger charge is -2.11. The Balaban J connectivity index is 2.59. The van der Waals surface area contributed by atoms with Gasteiger partial charge in [-0.2, -0.15) is 0 Å². The Bertz CT molecular complexity index is 335. The third-order valence-corrected chi connectivity index (χ3v) is 2.94. The predicted molar refractivity (Wildman–Crippen MR) is 72.3 cm³/mol. The minimum atomic E-state index is 0.566. The lowest BCUT2D eigenvalue weighted by Crippen LogP contribution is -2.24. The molecule has 0 saturated carbocycles. The van der Waals surface area contributed by atoms with Crippen LogP contribution in [0.3, 0.4) is 0 Å². The Hall–Kier alpha value is -0.960. The molecule has 0 spiro atoms. The van der Waals surface area contributed by atoms with Crippen LogP contribution in [0.1, 0.15) is 50.0 Å². The smallest absolute Gasteiger partial charge is 0.128 e. The van der Waals surface area contributed by atoms with Crippen LogP contribution in [0.2, 0.25) is 0 Å². The summed E-state index contributed by atoms with van der Waals surface area (Å²) in [5.74, 6) is 0.962. The van der Waals surface area contributed by atoms with Crippen molar-refractivity contribution in [2.45, 2.75) is 59.9 Å². The Morgan fingerprint density at radius 2 is 1.71 bits per heavy atom. The van der Waals surface area contributed by atoms with Crippen LogP contribution in [0.4, 0.5) is 0 Å². The first kappa shape index (κ1) is 14.1. The average Bonchev–Trinajstić information content (AvgIpc) is 2.26. The molecule has 1 N–H and O–H groups in total. The van der Waals surface area contributed by atoms with Gasteiger partial charge in [0.1, 0.15) is 5.82 Å². The van der Waals surface area contributed by atoms with Gasteiger partial charge >= 0.3 is 0 Å². The van der Waals surface area contributed by atoms with E-state index in [2.05, 4.69) is 49.9 Å². The van der Waals surface area contributed by atoms with Crippen LogP contribution in [0.15, 0.2) is 0 Å². The van der Waals surface area contributed by atoms with E-state index in [0.717, 1.165) is 43.0 Å². The molecule has 0 bridgehead atoms. The second-order valence-electron chi connectivity index (χ2n) is 4.86. The normalized spacial score (nSPS) is 11.2. The largest absolute Gasteiger partial charge is 0.315 e. The third kappa shape index (κ3) is 4.43. The quantitative estimate of drug-likeness (QED) is 0.770.